The van der Waals surface area contributed by atoms with E-state index >= 15 is 0 Å². The van der Waals surface area contributed by atoms with Crippen molar-refractivity contribution < 1.29 is 9.53 Å². The van der Waals surface area contributed by atoms with Gasteiger partial charge in [-0.2, -0.15) is 0 Å². The molecule has 0 atom stereocenters. The van der Waals surface area contributed by atoms with Crippen molar-refractivity contribution in [2.24, 2.45) is 0 Å². The van der Waals surface area contributed by atoms with Crippen molar-refractivity contribution in [1.82, 2.24) is 5.32 Å². The first-order chi connectivity index (χ1) is 7.33. The van der Waals surface area contributed by atoms with E-state index in [9.17, 15) is 4.79 Å². The summed E-state index contributed by atoms with van der Waals surface area (Å²) in [6.45, 7) is 1.07. The van der Waals surface area contributed by atoms with Gasteiger partial charge in [-0.25, -0.2) is 4.79 Å². The maximum absolute atomic E-state index is 11.2. The summed E-state index contributed by atoms with van der Waals surface area (Å²) < 4.78 is 4.92. The van der Waals surface area contributed by atoms with Crippen molar-refractivity contribution in [2.75, 3.05) is 20.2 Å². The molecule has 1 aromatic rings. The van der Waals surface area contributed by atoms with Crippen LogP contribution in [0.4, 0.5) is 0 Å². The molecule has 1 N–H and O–H groups in total. The van der Waals surface area contributed by atoms with Crippen LogP contribution in [0.1, 0.15) is 5.56 Å². The van der Waals surface area contributed by atoms with Crippen LogP contribution in [0.2, 0.25) is 0 Å². The van der Waals surface area contributed by atoms with E-state index in [0.717, 1.165) is 5.56 Å². The largest absolute Gasteiger partial charge is 0.461 e. The predicted octanol–water partition coefficient (Wildman–Crippen LogP) is 1.46. The molecule has 0 aliphatic rings. The summed E-state index contributed by atoms with van der Waals surface area (Å²) in [4.78, 5) is 11.2. The minimum absolute atomic E-state index is 0.311. The molecule has 3 heteroatoms. The zero-order valence-corrected chi connectivity index (χ0v) is 8.77. The highest BCUT2D eigenvalue weighted by Crippen LogP contribution is 2.00. The van der Waals surface area contributed by atoms with Crippen LogP contribution in [0.5, 0.6) is 0 Å². The molecule has 80 valence electrons. The number of ether oxygens (including phenoxy) is 1. The van der Waals surface area contributed by atoms with Crippen molar-refractivity contribution in [1.29, 1.82) is 0 Å². The Bertz CT molecular complexity index is 320. The number of benzene rings is 1. The Morgan fingerprint density at radius 3 is 2.80 bits per heavy atom. The van der Waals surface area contributed by atoms with E-state index in [1.165, 1.54) is 6.08 Å². The molecule has 0 amide bonds. The van der Waals surface area contributed by atoms with Gasteiger partial charge in [0.05, 0.1) is 0 Å². The molecule has 15 heavy (non-hydrogen) atoms. The third-order valence-corrected chi connectivity index (χ3v) is 1.81. The van der Waals surface area contributed by atoms with Crippen LogP contribution in [0.25, 0.3) is 6.08 Å². The van der Waals surface area contributed by atoms with Gasteiger partial charge in [-0.15, -0.1) is 0 Å². The molecule has 0 saturated heterocycles. The van der Waals surface area contributed by atoms with Gasteiger partial charge in [0.15, 0.2) is 0 Å². The van der Waals surface area contributed by atoms with Crippen LogP contribution in [0.15, 0.2) is 36.4 Å². The molecule has 3 nitrogen and oxygen atoms in total. The Kier molecular flexibility index (Phi) is 5.19. The Morgan fingerprint density at radius 2 is 2.13 bits per heavy atom. The van der Waals surface area contributed by atoms with Crippen LogP contribution in [0.3, 0.4) is 0 Å². The fourth-order valence-electron chi connectivity index (χ4n) is 1.03. The summed E-state index contributed by atoms with van der Waals surface area (Å²) in [5.41, 5.74) is 0.989. The van der Waals surface area contributed by atoms with E-state index in [2.05, 4.69) is 5.32 Å². The van der Waals surface area contributed by atoms with E-state index in [1.807, 2.05) is 37.4 Å². The molecule has 1 rings (SSSR count). The maximum Gasteiger partial charge on any atom is 0.330 e. The molecular weight excluding hydrogens is 190 g/mol. The predicted molar refractivity (Wildman–Crippen MR) is 60.4 cm³/mol. The fourth-order valence-corrected chi connectivity index (χ4v) is 1.03. The summed E-state index contributed by atoms with van der Waals surface area (Å²) in [7, 11) is 1.81. The number of rotatable bonds is 5. The van der Waals surface area contributed by atoms with Gasteiger partial charge < -0.3 is 10.1 Å². The van der Waals surface area contributed by atoms with Crippen molar-refractivity contribution in [3.05, 3.63) is 42.0 Å². The molecule has 0 spiro atoms. The second-order valence-corrected chi connectivity index (χ2v) is 3.02. The monoisotopic (exact) mass is 205 g/mol. The molecule has 0 saturated carbocycles. The van der Waals surface area contributed by atoms with Crippen LogP contribution in [-0.4, -0.2) is 26.2 Å². The van der Waals surface area contributed by atoms with Gasteiger partial charge in [0.1, 0.15) is 6.61 Å². The zero-order chi connectivity index (χ0) is 10.9. The molecule has 0 radical (unpaired) electrons. The Labute approximate surface area is 89.8 Å². The van der Waals surface area contributed by atoms with Crippen LogP contribution in [-0.2, 0) is 9.53 Å². The van der Waals surface area contributed by atoms with E-state index in [4.69, 9.17) is 4.74 Å². The topological polar surface area (TPSA) is 38.3 Å². The summed E-state index contributed by atoms with van der Waals surface area (Å²) in [5, 5.41) is 2.90. The number of carbonyl (C=O) groups is 1. The van der Waals surface area contributed by atoms with Gasteiger partial charge in [0, 0.05) is 12.6 Å². The highest BCUT2D eigenvalue weighted by molar-refractivity contribution is 5.86. The lowest BCUT2D eigenvalue weighted by Crippen LogP contribution is -2.16. The minimum atomic E-state index is -0.311. The molecule has 0 heterocycles. The highest BCUT2D eigenvalue weighted by atomic mass is 16.5. The number of hydrogen-bond donors (Lipinski definition) is 1. The van der Waals surface area contributed by atoms with Crippen molar-refractivity contribution >= 4 is 12.0 Å². The Morgan fingerprint density at radius 1 is 1.40 bits per heavy atom. The smallest absolute Gasteiger partial charge is 0.330 e. The summed E-state index contributed by atoms with van der Waals surface area (Å²) in [5.74, 6) is -0.311. The van der Waals surface area contributed by atoms with Crippen LogP contribution in [0, 0.1) is 0 Å². The van der Waals surface area contributed by atoms with Gasteiger partial charge in [0.2, 0.25) is 0 Å². The molecule has 0 fully saturated rings. The van der Waals surface area contributed by atoms with E-state index in [-0.39, 0.29) is 5.97 Å². The Hall–Kier alpha value is -1.61. The van der Waals surface area contributed by atoms with Crippen LogP contribution < -0.4 is 5.32 Å². The number of nitrogens with one attached hydrogen (secondary N) is 1. The molecule has 1 aromatic carbocycles. The van der Waals surface area contributed by atoms with E-state index < -0.39 is 0 Å². The quantitative estimate of drug-likeness (QED) is 0.449. The van der Waals surface area contributed by atoms with Crippen molar-refractivity contribution in [3.8, 4) is 0 Å². The van der Waals surface area contributed by atoms with Gasteiger partial charge >= 0.3 is 5.97 Å². The summed E-state index contributed by atoms with van der Waals surface area (Å²) in [6, 6.07) is 9.63. The normalized spacial score (nSPS) is 10.5. The van der Waals surface area contributed by atoms with Crippen molar-refractivity contribution in [2.45, 2.75) is 0 Å². The molecule has 0 aliphatic carbocycles. The maximum atomic E-state index is 11.2. The van der Waals surface area contributed by atoms with Gasteiger partial charge in [-0.1, -0.05) is 30.3 Å². The third kappa shape index (κ3) is 4.98. The molecule has 0 aliphatic heterocycles. The average molecular weight is 205 g/mol. The van der Waals surface area contributed by atoms with Gasteiger partial charge in [0.25, 0.3) is 0 Å². The third-order valence-electron chi connectivity index (χ3n) is 1.81. The van der Waals surface area contributed by atoms with Gasteiger partial charge in [-0.05, 0) is 18.7 Å². The number of likely N-dealkylation sites (N-methyl/N-ethyl adjacent to an activating group) is 1. The Balaban J connectivity index is 2.34. The first kappa shape index (κ1) is 11.5. The average Bonchev–Trinajstić information content (AvgIpc) is 2.28. The first-order valence-electron chi connectivity index (χ1n) is 4.87. The first-order valence-corrected chi connectivity index (χ1v) is 4.87. The van der Waals surface area contributed by atoms with E-state index in [0.29, 0.717) is 13.2 Å². The van der Waals surface area contributed by atoms with Gasteiger partial charge in [-0.3, -0.25) is 0 Å². The lowest BCUT2D eigenvalue weighted by molar-refractivity contribution is -0.137. The lowest BCUT2D eigenvalue weighted by atomic mass is 10.2. The SMILES string of the molecule is CNCCOC(=O)C=Cc1ccccc1. The van der Waals surface area contributed by atoms with E-state index in [1.54, 1.807) is 6.08 Å². The minimum Gasteiger partial charge on any atom is -0.461 e. The van der Waals surface area contributed by atoms with Crippen LogP contribution >= 0.6 is 0 Å². The fraction of sp³-hybridized carbons (Fsp3) is 0.250. The zero-order valence-electron chi connectivity index (χ0n) is 8.77. The molecule has 0 aromatic heterocycles. The second kappa shape index (κ2) is 6.79. The summed E-state index contributed by atoms with van der Waals surface area (Å²) in [6.07, 6.45) is 3.17. The highest BCUT2D eigenvalue weighted by Gasteiger charge is 1.94. The number of carbonyl (C=O) groups excluding carboxylic acids is 1. The molecule has 0 unspecified atom stereocenters. The molecule has 0 bridgehead atoms. The lowest BCUT2D eigenvalue weighted by Gasteiger charge is -1.99. The second-order valence-electron chi connectivity index (χ2n) is 3.02. The number of hydrogen-bond acceptors (Lipinski definition) is 3. The standard InChI is InChI=1S/C12H15NO2/c1-13-9-10-15-12(14)8-7-11-5-3-2-4-6-11/h2-8,13H,9-10H2,1H3. The summed E-state index contributed by atoms with van der Waals surface area (Å²) >= 11 is 0. The van der Waals surface area contributed by atoms with Crippen molar-refractivity contribution in [3.63, 3.8) is 0 Å². The number of esters is 1. The molecular formula is C12H15NO2.